The zero-order valence-corrected chi connectivity index (χ0v) is 16.5. The first-order chi connectivity index (χ1) is 14.0. The van der Waals surface area contributed by atoms with Crippen molar-refractivity contribution in [1.29, 1.82) is 0 Å². The van der Waals surface area contributed by atoms with E-state index in [1.807, 2.05) is 47.9 Å². The van der Waals surface area contributed by atoms with Gasteiger partial charge in [-0.25, -0.2) is 0 Å². The van der Waals surface area contributed by atoms with Crippen molar-refractivity contribution in [2.75, 3.05) is 17.2 Å². The number of amides is 2. The number of nitrogens with zero attached hydrogens (tertiary/aromatic N) is 4. The van der Waals surface area contributed by atoms with Crippen LogP contribution in [0.2, 0.25) is 0 Å². The highest BCUT2D eigenvalue weighted by molar-refractivity contribution is 7.99. The quantitative estimate of drug-likeness (QED) is 0.646. The number of hydrogen-bond acceptors (Lipinski definition) is 6. The Kier molecular flexibility index (Phi) is 5.22. The van der Waals surface area contributed by atoms with E-state index in [0.717, 1.165) is 11.5 Å². The van der Waals surface area contributed by atoms with E-state index in [9.17, 15) is 9.59 Å². The number of benzene rings is 2. The maximum Gasteiger partial charge on any atom is 0.260 e. The number of carbonyl (C=O) groups excluding carboxylic acids is 2. The van der Waals surface area contributed by atoms with Crippen LogP contribution in [-0.4, -0.2) is 45.0 Å². The average molecular weight is 409 g/mol. The molecule has 2 N–H and O–H groups in total. The van der Waals surface area contributed by atoms with Gasteiger partial charge >= 0.3 is 0 Å². The molecule has 2 heterocycles. The fourth-order valence-corrected chi connectivity index (χ4v) is 4.01. The zero-order valence-electron chi connectivity index (χ0n) is 15.7. The van der Waals surface area contributed by atoms with E-state index in [4.69, 9.17) is 10.5 Å². The molecule has 3 aromatic rings. The first-order valence-corrected chi connectivity index (χ1v) is 9.99. The van der Waals surface area contributed by atoms with Crippen LogP contribution < -0.4 is 15.4 Å². The minimum Gasteiger partial charge on any atom is -0.477 e. The molecule has 0 radical (unpaired) electrons. The third-order valence-electron chi connectivity index (χ3n) is 4.53. The largest absolute Gasteiger partial charge is 0.477 e. The van der Waals surface area contributed by atoms with Crippen LogP contribution in [-0.2, 0) is 9.59 Å². The van der Waals surface area contributed by atoms with Gasteiger partial charge in [-0.3, -0.25) is 14.2 Å². The Morgan fingerprint density at radius 1 is 1.14 bits per heavy atom. The van der Waals surface area contributed by atoms with E-state index < -0.39 is 12.0 Å². The van der Waals surface area contributed by atoms with E-state index in [1.54, 1.807) is 18.2 Å². The molecule has 4 rings (SSSR count). The van der Waals surface area contributed by atoms with Crippen LogP contribution in [0.25, 0.3) is 5.69 Å². The van der Waals surface area contributed by atoms with Gasteiger partial charge in [-0.2, -0.15) is 0 Å². The number of aryl methyl sites for hydroxylation is 1. The maximum absolute atomic E-state index is 13.0. The first kappa shape index (κ1) is 19.0. The van der Waals surface area contributed by atoms with E-state index in [0.29, 0.717) is 16.6 Å². The molecule has 1 aromatic heterocycles. The van der Waals surface area contributed by atoms with Gasteiger partial charge in [-0.05, 0) is 31.2 Å². The molecular weight excluding hydrogens is 390 g/mol. The minimum atomic E-state index is -0.880. The van der Waals surface area contributed by atoms with Crippen molar-refractivity contribution in [3.8, 4) is 11.4 Å². The Morgan fingerprint density at radius 2 is 1.86 bits per heavy atom. The predicted molar refractivity (Wildman–Crippen MR) is 109 cm³/mol. The summed E-state index contributed by atoms with van der Waals surface area (Å²) in [7, 11) is 0. The second kappa shape index (κ2) is 7.96. The highest BCUT2D eigenvalue weighted by Gasteiger charge is 2.32. The number of rotatable bonds is 5. The molecule has 0 fully saturated rings. The standard InChI is InChI=1S/C20H19N5O3S/c1-13-22-23-20(25(13)14-7-3-2-4-8-14)29-12-18(26)24-11-17(19(21)27)28-16-10-6-5-9-15(16)24/h2-10,17H,11-12H2,1H3,(H2,21,27)/t17-/m1/s1. The summed E-state index contributed by atoms with van der Waals surface area (Å²) in [5.41, 5.74) is 6.96. The average Bonchev–Trinajstić information content (AvgIpc) is 3.12. The monoisotopic (exact) mass is 409 g/mol. The maximum atomic E-state index is 13.0. The number of hydrogen-bond donors (Lipinski definition) is 1. The Hall–Kier alpha value is -3.33. The first-order valence-electron chi connectivity index (χ1n) is 9.00. The summed E-state index contributed by atoms with van der Waals surface area (Å²) in [5, 5.41) is 8.96. The van der Waals surface area contributed by atoms with Crippen LogP contribution >= 0.6 is 11.8 Å². The molecule has 0 spiro atoms. The number of carbonyl (C=O) groups is 2. The summed E-state index contributed by atoms with van der Waals surface area (Å²) in [6, 6.07) is 16.8. The van der Waals surface area contributed by atoms with Gasteiger partial charge in [0, 0.05) is 5.69 Å². The lowest BCUT2D eigenvalue weighted by molar-refractivity contribution is -0.125. The van der Waals surface area contributed by atoms with Crippen LogP contribution in [0.15, 0.2) is 59.8 Å². The lowest BCUT2D eigenvalue weighted by Crippen LogP contribution is -2.49. The van der Waals surface area contributed by atoms with Gasteiger partial charge in [0.1, 0.15) is 11.6 Å². The molecule has 2 aromatic carbocycles. The Morgan fingerprint density at radius 3 is 2.62 bits per heavy atom. The van der Waals surface area contributed by atoms with Crippen molar-refractivity contribution in [1.82, 2.24) is 14.8 Å². The van der Waals surface area contributed by atoms with E-state index in [1.165, 1.54) is 16.7 Å². The number of fused-ring (bicyclic) bond motifs is 1. The molecule has 1 aliphatic rings. The van der Waals surface area contributed by atoms with Gasteiger partial charge in [0.15, 0.2) is 11.3 Å². The van der Waals surface area contributed by atoms with Crippen LogP contribution in [0.4, 0.5) is 5.69 Å². The number of para-hydroxylation sites is 3. The summed E-state index contributed by atoms with van der Waals surface area (Å²) in [6.07, 6.45) is -0.880. The van der Waals surface area contributed by atoms with Gasteiger partial charge in [0.05, 0.1) is 18.0 Å². The Balaban J connectivity index is 1.55. The van der Waals surface area contributed by atoms with Gasteiger partial charge in [-0.15, -0.1) is 10.2 Å². The lowest BCUT2D eigenvalue weighted by Gasteiger charge is -2.33. The summed E-state index contributed by atoms with van der Waals surface area (Å²) in [5.74, 6) is 0.549. The molecule has 0 aliphatic carbocycles. The number of aromatic nitrogens is 3. The molecule has 29 heavy (non-hydrogen) atoms. The number of anilines is 1. The second-order valence-electron chi connectivity index (χ2n) is 6.47. The molecule has 0 unspecified atom stereocenters. The van der Waals surface area contributed by atoms with E-state index >= 15 is 0 Å². The van der Waals surface area contributed by atoms with E-state index in [2.05, 4.69) is 10.2 Å². The van der Waals surface area contributed by atoms with Gasteiger partial charge < -0.3 is 15.4 Å². The Bertz CT molecular complexity index is 1050. The fourth-order valence-electron chi connectivity index (χ4n) is 3.13. The molecule has 8 nitrogen and oxygen atoms in total. The zero-order chi connectivity index (χ0) is 20.4. The highest BCUT2D eigenvalue weighted by atomic mass is 32.2. The smallest absolute Gasteiger partial charge is 0.260 e. The molecule has 9 heteroatoms. The highest BCUT2D eigenvalue weighted by Crippen LogP contribution is 2.34. The fraction of sp³-hybridized carbons (Fsp3) is 0.200. The molecule has 1 aliphatic heterocycles. The summed E-state index contributed by atoms with van der Waals surface area (Å²) < 4.78 is 7.52. The van der Waals surface area contributed by atoms with Crippen molar-refractivity contribution in [2.45, 2.75) is 18.2 Å². The normalized spacial score (nSPS) is 15.5. The third kappa shape index (κ3) is 3.81. The van der Waals surface area contributed by atoms with Crippen molar-refractivity contribution < 1.29 is 14.3 Å². The predicted octanol–water partition coefficient (Wildman–Crippen LogP) is 1.95. The van der Waals surface area contributed by atoms with Crippen LogP contribution in [0.3, 0.4) is 0 Å². The third-order valence-corrected chi connectivity index (χ3v) is 5.44. The lowest BCUT2D eigenvalue weighted by atomic mass is 10.2. The molecule has 0 saturated carbocycles. The number of ether oxygens (including phenoxy) is 1. The minimum absolute atomic E-state index is 0.0795. The number of nitrogens with two attached hydrogens (primary N) is 1. The molecule has 1 atom stereocenters. The summed E-state index contributed by atoms with van der Waals surface area (Å²) in [6.45, 7) is 1.94. The van der Waals surface area contributed by atoms with Crippen molar-refractivity contribution in [3.63, 3.8) is 0 Å². The summed E-state index contributed by atoms with van der Waals surface area (Å²) in [4.78, 5) is 26.2. The van der Waals surface area contributed by atoms with Crippen LogP contribution in [0.5, 0.6) is 5.75 Å². The molecule has 0 saturated heterocycles. The molecule has 0 bridgehead atoms. The number of primary amides is 1. The topological polar surface area (TPSA) is 103 Å². The van der Waals surface area contributed by atoms with Crippen LogP contribution in [0, 0.1) is 6.92 Å². The SMILES string of the molecule is Cc1nnc(SCC(=O)N2C[C@H](C(N)=O)Oc3ccccc32)n1-c1ccccc1. The summed E-state index contributed by atoms with van der Waals surface area (Å²) >= 11 is 1.29. The van der Waals surface area contributed by atoms with Crippen molar-refractivity contribution >= 4 is 29.3 Å². The second-order valence-corrected chi connectivity index (χ2v) is 7.41. The number of thioether (sulfide) groups is 1. The molecule has 148 valence electrons. The Labute approximate surface area is 171 Å². The molecule has 2 amide bonds. The van der Waals surface area contributed by atoms with Crippen LogP contribution in [0.1, 0.15) is 5.82 Å². The molecular formula is C20H19N5O3S. The van der Waals surface area contributed by atoms with Gasteiger partial charge in [0.25, 0.3) is 5.91 Å². The van der Waals surface area contributed by atoms with Crippen molar-refractivity contribution in [3.05, 3.63) is 60.4 Å². The van der Waals surface area contributed by atoms with Crippen molar-refractivity contribution in [2.24, 2.45) is 5.73 Å². The van der Waals surface area contributed by atoms with E-state index in [-0.39, 0.29) is 18.2 Å². The van der Waals surface area contributed by atoms with Gasteiger partial charge in [-0.1, -0.05) is 42.1 Å². The van der Waals surface area contributed by atoms with Gasteiger partial charge in [0.2, 0.25) is 5.91 Å².